The fourth-order valence-electron chi connectivity index (χ4n) is 1.24. The van der Waals surface area contributed by atoms with E-state index in [-0.39, 0.29) is 5.41 Å². The van der Waals surface area contributed by atoms with Crippen molar-refractivity contribution >= 4 is 23.2 Å². The van der Waals surface area contributed by atoms with E-state index in [2.05, 4.69) is 20.6 Å². The molecular weight excluding hydrogens is 199 g/mol. The molecule has 0 amide bonds. The number of nitrogens with zero attached hydrogens (tertiary/aromatic N) is 3. The van der Waals surface area contributed by atoms with E-state index in [4.69, 9.17) is 23.2 Å². The average Bonchev–Trinajstić information content (AvgIpc) is 2.36. The molecule has 0 bridgehead atoms. The number of aromatic amines is 1. The first-order valence-corrected chi connectivity index (χ1v) is 4.39. The van der Waals surface area contributed by atoms with Gasteiger partial charge in [-0.2, -0.15) is 5.21 Å². The van der Waals surface area contributed by atoms with E-state index >= 15 is 0 Å². The molecule has 1 fully saturated rings. The van der Waals surface area contributed by atoms with Gasteiger partial charge in [0.25, 0.3) is 0 Å². The van der Waals surface area contributed by atoms with E-state index < -0.39 is 4.33 Å². The van der Waals surface area contributed by atoms with Crippen LogP contribution in [0.5, 0.6) is 0 Å². The second kappa shape index (κ2) is 2.33. The van der Waals surface area contributed by atoms with Crippen molar-refractivity contribution in [1.82, 2.24) is 20.6 Å². The highest BCUT2D eigenvalue weighted by Crippen LogP contribution is 2.64. The number of nitrogens with one attached hydrogen (secondary N) is 1. The normalized spacial score (nSPS) is 31.9. The summed E-state index contributed by atoms with van der Waals surface area (Å²) in [6, 6.07) is 0. The van der Waals surface area contributed by atoms with Gasteiger partial charge in [-0.15, -0.1) is 33.4 Å². The molecule has 4 nitrogen and oxygen atoms in total. The molecule has 1 saturated carbocycles. The lowest BCUT2D eigenvalue weighted by molar-refractivity contribution is 0.541. The Balaban J connectivity index is 2.07. The molecule has 1 unspecified atom stereocenters. The van der Waals surface area contributed by atoms with E-state index in [9.17, 15) is 0 Å². The van der Waals surface area contributed by atoms with Gasteiger partial charge in [-0.05, 0) is 6.42 Å². The van der Waals surface area contributed by atoms with Crippen molar-refractivity contribution in [3.63, 3.8) is 0 Å². The van der Waals surface area contributed by atoms with Crippen LogP contribution in [-0.2, 0) is 6.42 Å². The van der Waals surface area contributed by atoms with Gasteiger partial charge < -0.3 is 0 Å². The fourth-order valence-corrected chi connectivity index (χ4v) is 1.97. The predicted octanol–water partition coefficient (Wildman–Crippen LogP) is 1.33. The summed E-state index contributed by atoms with van der Waals surface area (Å²) in [6.45, 7) is 2.02. The summed E-state index contributed by atoms with van der Waals surface area (Å²) in [5, 5.41) is 13.5. The third-order valence-electron chi connectivity index (χ3n) is 2.31. The minimum atomic E-state index is -0.604. The summed E-state index contributed by atoms with van der Waals surface area (Å²) >= 11 is 11.9. The highest BCUT2D eigenvalue weighted by atomic mass is 35.5. The molecule has 1 aromatic rings. The van der Waals surface area contributed by atoms with Gasteiger partial charge in [0, 0.05) is 11.8 Å². The van der Waals surface area contributed by atoms with Crippen LogP contribution in [0.1, 0.15) is 19.2 Å². The number of hydrogen-bond donors (Lipinski definition) is 1. The van der Waals surface area contributed by atoms with Gasteiger partial charge in [0.2, 0.25) is 0 Å². The molecule has 1 heterocycles. The van der Waals surface area contributed by atoms with Gasteiger partial charge in [0.05, 0.1) is 0 Å². The van der Waals surface area contributed by atoms with Crippen LogP contribution in [0.25, 0.3) is 0 Å². The number of tetrazole rings is 1. The Hall–Kier alpha value is -0.350. The molecule has 1 aliphatic carbocycles. The zero-order valence-electron chi connectivity index (χ0n) is 6.51. The second-order valence-electron chi connectivity index (χ2n) is 3.45. The molecule has 0 spiro atoms. The molecule has 12 heavy (non-hydrogen) atoms. The lowest BCUT2D eigenvalue weighted by Crippen LogP contribution is -2.09. The van der Waals surface area contributed by atoms with Crippen LogP contribution >= 0.6 is 23.2 Å². The first kappa shape index (κ1) is 8.26. The number of aromatic nitrogens is 4. The quantitative estimate of drug-likeness (QED) is 0.744. The largest absolute Gasteiger partial charge is 0.177 e. The van der Waals surface area contributed by atoms with E-state index in [0.717, 1.165) is 6.42 Å². The summed E-state index contributed by atoms with van der Waals surface area (Å²) < 4.78 is -0.604. The van der Waals surface area contributed by atoms with Crippen LogP contribution < -0.4 is 0 Å². The van der Waals surface area contributed by atoms with Crippen molar-refractivity contribution in [2.24, 2.45) is 5.41 Å². The van der Waals surface area contributed by atoms with E-state index in [1.165, 1.54) is 0 Å². The maximum absolute atomic E-state index is 5.94. The molecule has 0 radical (unpaired) electrons. The summed E-state index contributed by atoms with van der Waals surface area (Å²) in [7, 11) is 0. The topological polar surface area (TPSA) is 54.5 Å². The Morgan fingerprint density at radius 1 is 1.58 bits per heavy atom. The van der Waals surface area contributed by atoms with Crippen molar-refractivity contribution in [2.45, 2.75) is 24.1 Å². The first-order chi connectivity index (χ1) is 5.54. The van der Waals surface area contributed by atoms with Crippen molar-refractivity contribution in [3.8, 4) is 0 Å². The molecule has 0 aromatic carbocycles. The maximum Gasteiger partial charge on any atom is 0.175 e. The van der Waals surface area contributed by atoms with Crippen molar-refractivity contribution < 1.29 is 0 Å². The highest BCUT2D eigenvalue weighted by molar-refractivity contribution is 6.51. The lowest BCUT2D eigenvalue weighted by atomic mass is 10.1. The third kappa shape index (κ3) is 1.19. The Morgan fingerprint density at radius 2 is 2.25 bits per heavy atom. The van der Waals surface area contributed by atoms with Gasteiger partial charge in [-0.3, -0.25) is 0 Å². The zero-order valence-corrected chi connectivity index (χ0v) is 8.02. The summed E-state index contributed by atoms with van der Waals surface area (Å²) in [5.41, 5.74) is -0.0833. The molecule has 1 aromatic heterocycles. The predicted molar refractivity (Wildman–Crippen MR) is 45.0 cm³/mol. The lowest BCUT2D eigenvalue weighted by Gasteiger charge is -2.07. The van der Waals surface area contributed by atoms with E-state index in [1.54, 1.807) is 0 Å². The third-order valence-corrected chi connectivity index (χ3v) is 3.49. The average molecular weight is 207 g/mol. The van der Waals surface area contributed by atoms with Crippen LogP contribution in [-0.4, -0.2) is 25.0 Å². The Labute approximate surface area is 79.6 Å². The fraction of sp³-hybridized carbons (Fsp3) is 0.833. The van der Waals surface area contributed by atoms with Gasteiger partial charge in [0.1, 0.15) is 4.33 Å². The molecule has 6 heteroatoms. The SMILES string of the molecule is CC1(Cc2nn[nH]n2)CC1(Cl)Cl. The van der Waals surface area contributed by atoms with Gasteiger partial charge >= 0.3 is 0 Å². The van der Waals surface area contributed by atoms with Crippen LogP contribution in [0.15, 0.2) is 0 Å². The number of rotatable bonds is 2. The number of alkyl halides is 2. The van der Waals surface area contributed by atoms with Gasteiger partial charge in [-0.1, -0.05) is 12.1 Å². The minimum absolute atomic E-state index is 0.0833. The zero-order chi connectivity index (χ0) is 8.82. The monoisotopic (exact) mass is 206 g/mol. The van der Waals surface area contributed by atoms with Crippen molar-refractivity contribution in [1.29, 1.82) is 0 Å². The summed E-state index contributed by atoms with van der Waals surface area (Å²) in [5.74, 6) is 0.667. The highest BCUT2D eigenvalue weighted by Gasteiger charge is 2.63. The van der Waals surface area contributed by atoms with Gasteiger partial charge in [-0.25, -0.2) is 0 Å². The molecule has 0 aliphatic heterocycles. The Morgan fingerprint density at radius 3 is 2.67 bits per heavy atom. The number of hydrogen-bond acceptors (Lipinski definition) is 3. The van der Waals surface area contributed by atoms with Crippen LogP contribution in [0, 0.1) is 5.41 Å². The smallest absolute Gasteiger partial charge is 0.175 e. The summed E-state index contributed by atoms with van der Waals surface area (Å²) in [6.07, 6.45) is 1.47. The molecule has 1 aliphatic rings. The van der Waals surface area contributed by atoms with E-state index in [1.807, 2.05) is 6.92 Å². The molecule has 66 valence electrons. The van der Waals surface area contributed by atoms with Gasteiger partial charge in [0.15, 0.2) is 5.82 Å². The van der Waals surface area contributed by atoms with Crippen LogP contribution in [0.3, 0.4) is 0 Å². The molecule has 2 rings (SSSR count). The summed E-state index contributed by atoms with van der Waals surface area (Å²) in [4.78, 5) is 0. The van der Waals surface area contributed by atoms with Crippen LogP contribution in [0.4, 0.5) is 0 Å². The Bertz CT molecular complexity index is 284. The first-order valence-electron chi connectivity index (χ1n) is 3.64. The van der Waals surface area contributed by atoms with Crippen molar-refractivity contribution in [2.75, 3.05) is 0 Å². The van der Waals surface area contributed by atoms with Crippen LogP contribution in [0.2, 0.25) is 0 Å². The molecule has 1 atom stereocenters. The Kier molecular flexibility index (Phi) is 1.60. The minimum Gasteiger partial charge on any atom is -0.177 e. The maximum atomic E-state index is 5.94. The molecular formula is C6H8Cl2N4. The standard InChI is InChI=1S/C6H8Cl2N4/c1-5(3-6(5,7)8)2-4-9-11-12-10-4/h2-3H2,1H3,(H,9,10,11,12). The second-order valence-corrected chi connectivity index (χ2v) is 4.93. The van der Waals surface area contributed by atoms with Crippen molar-refractivity contribution in [3.05, 3.63) is 5.82 Å². The molecule has 0 saturated heterocycles. The molecule has 1 N–H and O–H groups in total. The number of H-pyrrole nitrogens is 1. The van der Waals surface area contributed by atoms with E-state index in [0.29, 0.717) is 12.2 Å². The number of halogens is 2.